The molecule has 2 amide bonds. The molecule has 0 radical (unpaired) electrons. The molecule has 140 valence electrons. The number of amides is 2. The zero-order valence-electron chi connectivity index (χ0n) is 15.6. The molecule has 26 heavy (non-hydrogen) atoms. The normalized spacial score (nSPS) is 19.6. The Kier molecular flexibility index (Phi) is 6.42. The number of allylic oxidation sites excluding steroid dienone is 1. The van der Waals surface area contributed by atoms with Gasteiger partial charge in [-0.15, -0.1) is 0 Å². The molecule has 5 nitrogen and oxygen atoms in total. The summed E-state index contributed by atoms with van der Waals surface area (Å²) in [6.45, 7) is 4.32. The van der Waals surface area contributed by atoms with Gasteiger partial charge in [0, 0.05) is 38.1 Å². The Hall–Kier alpha value is -2.17. The summed E-state index contributed by atoms with van der Waals surface area (Å²) in [6.07, 6.45) is 12.0. The predicted octanol–water partition coefficient (Wildman–Crippen LogP) is 3.19. The monoisotopic (exact) mass is 355 g/mol. The van der Waals surface area contributed by atoms with Crippen LogP contribution in [-0.4, -0.2) is 41.3 Å². The molecule has 0 atom stereocenters. The second-order valence-electron chi connectivity index (χ2n) is 7.59. The Morgan fingerprint density at radius 3 is 2.62 bits per heavy atom. The molecule has 0 spiro atoms. The third-order valence-electron chi connectivity index (χ3n) is 5.75. The van der Waals surface area contributed by atoms with E-state index in [1.807, 2.05) is 11.0 Å². The zero-order valence-corrected chi connectivity index (χ0v) is 15.6. The highest BCUT2D eigenvalue weighted by molar-refractivity contribution is 5.93. The predicted molar refractivity (Wildman–Crippen MR) is 102 cm³/mol. The van der Waals surface area contributed by atoms with Crippen LogP contribution in [0.2, 0.25) is 0 Å². The Labute approximate surface area is 155 Å². The van der Waals surface area contributed by atoms with Gasteiger partial charge < -0.3 is 10.2 Å². The SMILES string of the molecule is C/C(=C\C(=O)N1CCC(CNC(=O)c2cccnc2)CC1)C1CCCC1. The van der Waals surface area contributed by atoms with E-state index in [2.05, 4.69) is 17.2 Å². The summed E-state index contributed by atoms with van der Waals surface area (Å²) in [5.74, 6) is 1.12. The maximum atomic E-state index is 12.5. The number of nitrogens with one attached hydrogen (secondary N) is 1. The molecule has 1 aromatic rings. The fraction of sp³-hybridized carbons (Fsp3) is 0.571. The Balaban J connectivity index is 1.41. The van der Waals surface area contributed by atoms with Gasteiger partial charge in [-0.2, -0.15) is 0 Å². The summed E-state index contributed by atoms with van der Waals surface area (Å²) in [6, 6.07) is 3.53. The number of hydrogen-bond donors (Lipinski definition) is 1. The summed E-state index contributed by atoms with van der Waals surface area (Å²) in [5.41, 5.74) is 1.84. The van der Waals surface area contributed by atoms with Gasteiger partial charge in [-0.05, 0) is 56.6 Å². The number of piperidine rings is 1. The molecular formula is C21H29N3O2. The van der Waals surface area contributed by atoms with Crippen molar-refractivity contribution in [3.8, 4) is 0 Å². The summed E-state index contributed by atoms with van der Waals surface area (Å²) in [5, 5.41) is 2.99. The fourth-order valence-electron chi connectivity index (χ4n) is 3.98. The number of likely N-dealkylation sites (tertiary alicyclic amines) is 1. The van der Waals surface area contributed by atoms with E-state index in [1.54, 1.807) is 24.5 Å². The van der Waals surface area contributed by atoms with E-state index >= 15 is 0 Å². The summed E-state index contributed by atoms with van der Waals surface area (Å²) in [7, 11) is 0. The van der Waals surface area contributed by atoms with E-state index < -0.39 is 0 Å². The van der Waals surface area contributed by atoms with Crippen LogP contribution in [0.5, 0.6) is 0 Å². The van der Waals surface area contributed by atoms with Gasteiger partial charge in [-0.1, -0.05) is 18.4 Å². The molecule has 1 saturated carbocycles. The highest BCUT2D eigenvalue weighted by atomic mass is 16.2. The molecule has 2 heterocycles. The number of carbonyl (C=O) groups is 2. The van der Waals surface area contributed by atoms with Gasteiger partial charge in [0.1, 0.15) is 0 Å². The molecule has 1 N–H and O–H groups in total. The molecule has 0 unspecified atom stereocenters. The molecular weight excluding hydrogens is 326 g/mol. The van der Waals surface area contributed by atoms with Crippen LogP contribution in [0.4, 0.5) is 0 Å². The van der Waals surface area contributed by atoms with Crippen molar-refractivity contribution >= 4 is 11.8 Å². The van der Waals surface area contributed by atoms with Crippen LogP contribution >= 0.6 is 0 Å². The first-order valence-electron chi connectivity index (χ1n) is 9.79. The fourth-order valence-corrected chi connectivity index (χ4v) is 3.98. The molecule has 1 aliphatic carbocycles. The highest BCUT2D eigenvalue weighted by Gasteiger charge is 2.23. The molecule has 2 fully saturated rings. The van der Waals surface area contributed by atoms with Crippen molar-refractivity contribution in [3.63, 3.8) is 0 Å². The van der Waals surface area contributed by atoms with Crippen molar-refractivity contribution in [2.45, 2.75) is 45.4 Å². The average molecular weight is 355 g/mol. The number of nitrogens with zero attached hydrogens (tertiary/aromatic N) is 2. The standard InChI is InChI=1S/C21H29N3O2/c1-16(18-5-2-3-6-18)13-20(25)24-11-8-17(9-12-24)14-23-21(26)19-7-4-10-22-15-19/h4,7,10,13,15,17-18H,2-3,5-6,8-9,11-12,14H2,1H3,(H,23,26)/b16-13+. The van der Waals surface area contributed by atoms with Crippen molar-refractivity contribution in [1.82, 2.24) is 15.2 Å². The van der Waals surface area contributed by atoms with Gasteiger partial charge in [-0.3, -0.25) is 14.6 Å². The maximum absolute atomic E-state index is 12.5. The lowest BCUT2D eigenvalue weighted by Crippen LogP contribution is -2.41. The van der Waals surface area contributed by atoms with Crippen LogP contribution in [0, 0.1) is 11.8 Å². The summed E-state index contributed by atoms with van der Waals surface area (Å²) >= 11 is 0. The minimum Gasteiger partial charge on any atom is -0.352 e. The van der Waals surface area contributed by atoms with Gasteiger partial charge >= 0.3 is 0 Å². The second kappa shape index (κ2) is 8.97. The van der Waals surface area contributed by atoms with E-state index in [-0.39, 0.29) is 11.8 Å². The first kappa shape index (κ1) is 18.6. The summed E-state index contributed by atoms with van der Waals surface area (Å²) in [4.78, 5) is 30.5. The van der Waals surface area contributed by atoms with Gasteiger partial charge in [0.2, 0.25) is 5.91 Å². The van der Waals surface area contributed by atoms with Crippen LogP contribution < -0.4 is 5.32 Å². The minimum atomic E-state index is -0.0771. The first-order chi connectivity index (χ1) is 12.6. The quantitative estimate of drug-likeness (QED) is 0.825. The van der Waals surface area contributed by atoms with E-state index in [1.165, 1.54) is 31.3 Å². The molecule has 0 aromatic carbocycles. The number of pyridine rings is 1. The lowest BCUT2D eigenvalue weighted by atomic mass is 9.95. The zero-order chi connectivity index (χ0) is 18.4. The molecule has 1 saturated heterocycles. The Bertz CT molecular complexity index is 642. The largest absolute Gasteiger partial charge is 0.352 e. The molecule has 5 heteroatoms. The molecule has 3 rings (SSSR count). The van der Waals surface area contributed by atoms with Crippen LogP contribution in [-0.2, 0) is 4.79 Å². The second-order valence-corrected chi connectivity index (χ2v) is 7.59. The van der Waals surface area contributed by atoms with E-state index in [0.29, 0.717) is 23.9 Å². The Morgan fingerprint density at radius 1 is 1.23 bits per heavy atom. The molecule has 0 bridgehead atoms. The van der Waals surface area contributed by atoms with Gasteiger partial charge in [0.25, 0.3) is 5.91 Å². The van der Waals surface area contributed by atoms with Crippen LogP contribution in [0.3, 0.4) is 0 Å². The summed E-state index contributed by atoms with van der Waals surface area (Å²) < 4.78 is 0. The molecule has 1 aliphatic heterocycles. The molecule has 2 aliphatic rings. The highest BCUT2D eigenvalue weighted by Crippen LogP contribution is 2.30. The van der Waals surface area contributed by atoms with Crippen molar-refractivity contribution in [3.05, 3.63) is 41.7 Å². The topological polar surface area (TPSA) is 62.3 Å². The van der Waals surface area contributed by atoms with Crippen LogP contribution in [0.25, 0.3) is 0 Å². The van der Waals surface area contributed by atoms with Gasteiger partial charge in [0.15, 0.2) is 0 Å². The Morgan fingerprint density at radius 2 is 1.96 bits per heavy atom. The first-order valence-corrected chi connectivity index (χ1v) is 9.79. The number of aromatic nitrogens is 1. The van der Waals surface area contributed by atoms with Crippen molar-refractivity contribution < 1.29 is 9.59 Å². The lowest BCUT2D eigenvalue weighted by molar-refractivity contribution is -0.127. The minimum absolute atomic E-state index is 0.0771. The van der Waals surface area contributed by atoms with E-state index in [0.717, 1.165) is 25.9 Å². The van der Waals surface area contributed by atoms with Crippen molar-refractivity contribution in [1.29, 1.82) is 0 Å². The maximum Gasteiger partial charge on any atom is 0.252 e. The lowest BCUT2D eigenvalue weighted by Gasteiger charge is -2.31. The van der Waals surface area contributed by atoms with E-state index in [4.69, 9.17) is 0 Å². The number of hydrogen-bond acceptors (Lipinski definition) is 3. The van der Waals surface area contributed by atoms with Gasteiger partial charge in [0.05, 0.1) is 5.56 Å². The van der Waals surface area contributed by atoms with Crippen molar-refractivity contribution in [2.24, 2.45) is 11.8 Å². The number of rotatable bonds is 5. The third-order valence-corrected chi connectivity index (χ3v) is 5.75. The number of carbonyl (C=O) groups excluding carboxylic acids is 2. The van der Waals surface area contributed by atoms with Crippen LogP contribution in [0.15, 0.2) is 36.2 Å². The van der Waals surface area contributed by atoms with Gasteiger partial charge in [-0.25, -0.2) is 0 Å². The third kappa shape index (κ3) is 4.93. The smallest absolute Gasteiger partial charge is 0.252 e. The van der Waals surface area contributed by atoms with Crippen LogP contribution in [0.1, 0.15) is 55.8 Å². The molecule has 1 aromatic heterocycles. The van der Waals surface area contributed by atoms with Crippen molar-refractivity contribution in [2.75, 3.05) is 19.6 Å². The average Bonchev–Trinajstić information content (AvgIpc) is 3.22. The van der Waals surface area contributed by atoms with E-state index in [9.17, 15) is 9.59 Å².